The molecule has 1 atom stereocenters. The molecule has 0 saturated carbocycles. The summed E-state index contributed by atoms with van der Waals surface area (Å²) in [5.41, 5.74) is 1.87. The molecule has 1 aliphatic heterocycles. The Bertz CT molecular complexity index is 631. The molecule has 0 spiro atoms. The predicted octanol–water partition coefficient (Wildman–Crippen LogP) is 2.22. The van der Waals surface area contributed by atoms with E-state index in [1.54, 1.807) is 11.8 Å². The topological polar surface area (TPSA) is 59.0 Å². The SMILES string of the molecule is CC(C)n1ncc2ccc(NC(=O)C3CSCN3)cc21. The van der Waals surface area contributed by atoms with Gasteiger partial charge in [0.15, 0.2) is 0 Å². The van der Waals surface area contributed by atoms with E-state index in [0.717, 1.165) is 28.2 Å². The van der Waals surface area contributed by atoms with E-state index in [-0.39, 0.29) is 11.9 Å². The van der Waals surface area contributed by atoms with Gasteiger partial charge in [-0.15, -0.1) is 11.8 Å². The minimum atomic E-state index is -0.0919. The number of aromatic nitrogens is 2. The van der Waals surface area contributed by atoms with Crippen LogP contribution in [-0.4, -0.2) is 33.4 Å². The molecule has 1 aromatic carbocycles. The number of rotatable bonds is 3. The van der Waals surface area contributed by atoms with Crippen molar-refractivity contribution < 1.29 is 4.79 Å². The van der Waals surface area contributed by atoms with Gasteiger partial charge in [0, 0.05) is 28.7 Å². The first-order chi connectivity index (χ1) is 9.65. The van der Waals surface area contributed by atoms with Crippen LogP contribution >= 0.6 is 11.8 Å². The van der Waals surface area contributed by atoms with Gasteiger partial charge in [-0.25, -0.2) is 0 Å². The molecule has 2 N–H and O–H groups in total. The molecule has 1 saturated heterocycles. The molecular formula is C14H18N4OS. The summed E-state index contributed by atoms with van der Waals surface area (Å²) in [7, 11) is 0. The highest BCUT2D eigenvalue weighted by molar-refractivity contribution is 7.99. The maximum absolute atomic E-state index is 12.1. The molecule has 2 aromatic rings. The average Bonchev–Trinajstić information content (AvgIpc) is 3.07. The standard InChI is InChI=1S/C14H18N4OS/c1-9(2)18-13-5-11(4-3-10(13)6-16-18)17-14(19)12-7-20-8-15-12/h3-6,9,12,15H,7-8H2,1-2H3,(H,17,19). The quantitative estimate of drug-likeness (QED) is 0.910. The maximum Gasteiger partial charge on any atom is 0.242 e. The summed E-state index contributed by atoms with van der Waals surface area (Å²) in [6, 6.07) is 6.11. The molecule has 0 radical (unpaired) electrons. The number of benzene rings is 1. The number of carbonyl (C=O) groups excluding carboxylic acids is 1. The van der Waals surface area contributed by atoms with Crippen molar-refractivity contribution >= 4 is 34.3 Å². The highest BCUT2D eigenvalue weighted by Crippen LogP contribution is 2.22. The monoisotopic (exact) mass is 290 g/mol. The molecule has 1 aliphatic rings. The highest BCUT2D eigenvalue weighted by atomic mass is 32.2. The first-order valence-corrected chi connectivity index (χ1v) is 7.90. The van der Waals surface area contributed by atoms with Crippen molar-refractivity contribution in [3.8, 4) is 0 Å². The molecule has 0 bridgehead atoms. The van der Waals surface area contributed by atoms with Gasteiger partial charge in [0.05, 0.1) is 17.8 Å². The van der Waals surface area contributed by atoms with Crippen LogP contribution in [-0.2, 0) is 4.79 Å². The van der Waals surface area contributed by atoms with E-state index in [1.807, 2.05) is 29.1 Å². The Hall–Kier alpha value is -1.53. The van der Waals surface area contributed by atoms with Crippen LogP contribution in [0.25, 0.3) is 10.9 Å². The van der Waals surface area contributed by atoms with Crippen molar-refractivity contribution in [3.05, 3.63) is 24.4 Å². The fourth-order valence-electron chi connectivity index (χ4n) is 2.32. The number of amides is 1. The van der Waals surface area contributed by atoms with Gasteiger partial charge in [-0.1, -0.05) is 0 Å². The lowest BCUT2D eigenvalue weighted by Gasteiger charge is -2.12. The molecule has 5 nitrogen and oxygen atoms in total. The normalized spacial score (nSPS) is 18.9. The molecule has 2 heterocycles. The third-order valence-corrected chi connectivity index (χ3v) is 4.33. The number of hydrogen-bond acceptors (Lipinski definition) is 4. The van der Waals surface area contributed by atoms with Crippen molar-refractivity contribution in [2.24, 2.45) is 0 Å². The van der Waals surface area contributed by atoms with Gasteiger partial charge in [0.1, 0.15) is 0 Å². The lowest BCUT2D eigenvalue weighted by molar-refractivity contribution is -0.117. The van der Waals surface area contributed by atoms with Crippen molar-refractivity contribution in [2.45, 2.75) is 25.9 Å². The zero-order chi connectivity index (χ0) is 14.1. The van der Waals surface area contributed by atoms with E-state index in [0.29, 0.717) is 6.04 Å². The maximum atomic E-state index is 12.1. The second kappa shape index (κ2) is 5.46. The van der Waals surface area contributed by atoms with E-state index in [1.165, 1.54) is 0 Å². The van der Waals surface area contributed by atoms with E-state index in [9.17, 15) is 4.79 Å². The van der Waals surface area contributed by atoms with Crippen LogP contribution < -0.4 is 10.6 Å². The number of anilines is 1. The minimum absolute atomic E-state index is 0.0324. The van der Waals surface area contributed by atoms with Gasteiger partial charge in [-0.3, -0.25) is 14.8 Å². The smallest absolute Gasteiger partial charge is 0.242 e. The second-order valence-corrected chi connectivity index (χ2v) is 6.25. The summed E-state index contributed by atoms with van der Waals surface area (Å²) in [4.78, 5) is 12.1. The fourth-order valence-corrected chi connectivity index (χ4v) is 3.26. The zero-order valence-electron chi connectivity index (χ0n) is 11.6. The van der Waals surface area contributed by atoms with Gasteiger partial charge in [0.25, 0.3) is 0 Å². The van der Waals surface area contributed by atoms with Gasteiger partial charge in [0.2, 0.25) is 5.91 Å². The Morgan fingerprint density at radius 1 is 1.55 bits per heavy atom. The number of carbonyl (C=O) groups is 1. The Morgan fingerprint density at radius 2 is 2.40 bits per heavy atom. The van der Waals surface area contributed by atoms with Gasteiger partial charge in [-0.05, 0) is 32.0 Å². The molecular weight excluding hydrogens is 272 g/mol. The molecule has 0 aliphatic carbocycles. The zero-order valence-corrected chi connectivity index (χ0v) is 12.4. The van der Waals surface area contributed by atoms with E-state index >= 15 is 0 Å². The summed E-state index contributed by atoms with van der Waals surface area (Å²) < 4.78 is 1.97. The summed E-state index contributed by atoms with van der Waals surface area (Å²) in [6.07, 6.45) is 1.86. The molecule has 1 aromatic heterocycles. The third-order valence-electron chi connectivity index (χ3n) is 3.39. The molecule has 1 amide bonds. The van der Waals surface area contributed by atoms with Crippen LogP contribution in [0.4, 0.5) is 5.69 Å². The largest absolute Gasteiger partial charge is 0.325 e. The van der Waals surface area contributed by atoms with Crippen LogP contribution in [0.1, 0.15) is 19.9 Å². The Labute approximate surface area is 122 Å². The van der Waals surface area contributed by atoms with Gasteiger partial charge in [-0.2, -0.15) is 5.10 Å². The predicted molar refractivity (Wildman–Crippen MR) is 83.0 cm³/mol. The minimum Gasteiger partial charge on any atom is -0.325 e. The third kappa shape index (κ3) is 2.53. The first kappa shape index (κ1) is 13.5. The second-order valence-electron chi connectivity index (χ2n) is 5.22. The molecule has 20 heavy (non-hydrogen) atoms. The number of nitrogens with zero attached hydrogens (tertiary/aromatic N) is 2. The molecule has 6 heteroatoms. The molecule has 106 valence electrons. The molecule has 3 rings (SSSR count). The number of nitrogens with one attached hydrogen (secondary N) is 2. The van der Waals surface area contributed by atoms with Crippen LogP contribution in [0.15, 0.2) is 24.4 Å². The molecule has 1 unspecified atom stereocenters. The number of thioether (sulfide) groups is 1. The summed E-state index contributed by atoms with van der Waals surface area (Å²) in [6.45, 7) is 4.19. The lowest BCUT2D eigenvalue weighted by atomic mass is 10.2. The van der Waals surface area contributed by atoms with Crippen molar-refractivity contribution in [1.29, 1.82) is 0 Å². The average molecular weight is 290 g/mol. The Kier molecular flexibility index (Phi) is 3.67. The summed E-state index contributed by atoms with van der Waals surface area (Å²) >= 11 is 1.75. The first-order valence-electron chi connectivity index (χ1n) is 6.74. The Balaban J connectivity index is 1.84. The van der Waals surface area contributed by atoms with E-state index in [4.69, 9.17) is 0 Å². The highest BCUT2D eigenvalue weighted by Gasteiger charge is 2.22. The number of fused-ring (bicyclic) bond motifs is 1. The molecule has 1 fully saturated rings. The van der Waals surface area contributed by atoms with Crippen molar-refractivity contribution in [1.82, 2.24) is 15.1 Å². The van der Waals surface area contributed by atoms with Gasteiger partial charge < -0.3 is 5.32 Å². The van der Waals surface area contributed by atoms with Gasteiger partial charge >= 0.3 is 0 Å². The van der Waals surface area contributed by atoms with Crippen LogP contribution in [0.3, 0.4) is 0 Å². The van der Waals surface area contributed by atoms with Crippen molar-refractivity contribution in [2.75, 3.05) is 16.9 Å². The van der Waals surface area contributed by atoms with E-state index in [2.05, 4.69) is 29.6 Å². The Morgan fingerprint density at radius 3 is 3.10 bits per heavy atom. The fraction of sp³-hybridized carbons (Fsp3) is 0.429. The van der Waals surface area contributed by atoms with E-state index < -0.39 is 0 Å². The summed E-state index contributed by atoms with van der Waals surface area (Å²) in [5, 5.41) is 11.6. The van der Waals surface area contributed by atoms with Crippen LogP contribution in [0.2, 0.25) is 0 Å². The van der Waals surface area contributed by atoms with Crippen LogP contribution in [0, 0.1) is 0 Å². The summed E-state index contributed by atoms with van der Waals surface area (Å²) in [5.74, 6) is 1.71. The van der Waals surface area contributed by atoms with Crippen molar-refractivity contribution in [3.63, 3.8) is 0 Å². The number of hydrogen-bond donors (Lipinski definition) is 2. The van der Waals surface area contributed by atoms with Crippen LogP contribution in [0.5, 0.6) is 0 Å². The lowest BCUT2D eigenvalue weighted by Crippen LogP contribution is -2.37.